The molecule has 2 N–H and O–H groups in total. The standard InChI is InChI=1S/C15H19N3O/c19-10-12-5-3-4-11(12)8-17-15-9-16-13-6-1-2-7-14(13)18-15/h1-2,6-7,9,11-12,19H,3-5,8,10H2,(H,17,18). The first-order valence-corrected chi connectivity index (χ1v) is 6.93. The monoisotopic (exact) mass is 257 g/mol. The topological polar surface area (TPSA) is 58.0 Å². The highest BCUT2D eigenvalue weighted by Crippen LogP contribution is 2.31. The van der Waals surface area contributed by atoms with Crippen molar-refractivity contribution >= 4 is 16.9 Å². The number of para-hydroxylation sites is 2. The summed E-state index contributed by atoms with van der Waals surface area (Å²) < 4.78 is 0. The fraction of sp³-hybridized carbons (Fsp3) is 0.467. The summed E-state index contributed by atoms with van der Waals surface area (Å²) >= 11 is 0. The number of hydrogen-bond donors (Lipinski definition) is 2. The number of nitrogens with zero attached hydrogens (tertiary/aromatic N) is 2. The van der Waals surface area contributed by atoms with Gasteiger partial charge in [0.2, 0.25) is 0 Å². The molecular formula is C15H19N3O. The second-order valence-corrected chi connectivity index (χ2v) is 5.26. The van der Waals surface area contributed by atoms with Crippen molar-refractivity contribution in [2.24, 2.45) is 11.8 Å². The molecule has 100 valence electrons. The molecule has 1 aromatic heterocycles. The Hall–Kier alpha value is -1.68. The number of nitrogens with one attached hydrogen (secondary N) is 1. The zero-order valence-corrected chi connectivity index (χ0v) is 10.9. The predicted octanol–water partition coefficient (Wildman–Crippen LogP) is 2.45. The number of benzene rings is 1. The van der Waals surface area contributed by atoms with E-state index in [-0.39, 0.29) is 0 Å². The molecule has 4 nitrogen and oxygen atoms in total. The highest BCUT2D eigenvalue weighted by molar-refractivity contribution is 5.75. The maximum Gasteiger partial charge on any atom is 0.145 e. The molecule has 1 saturated carbocycles. The molecule has 0 spiro atoms. The molecule has 1 heterocycles. The minimum absolute atomic E-state index is 0.301. The zero-order valence-electron chi connectivity index (χ0n) is 10.9. The summed E-state index contributed by atoms with van der Waals surface area (Å²) in [4.78, 5) is 8.94. The van der Waals surface area contributed by atoms with E-state index in [0.717, 1.165) is 29.8 Å². The molecule has 0 aliphatic heterocycles. The molecule has 0 saturated heterocycles. The number of rotatable bonds is 4. The predicted molar refractivity (Wildman–Crippen MR) is 75.9 cm³/mol. The van der Waals surface area contributed by atoms with E-state index >= 15 is 0 Å². The summed E-state index contributed by atoms with van der Waals surface area (Å²) in [5, 5.41) is 12.7. The maximum absolute atomic E-state index is 9.32. The lowest BCUT2D eigenvalue weighted by atomic mass is 9.97. The Balaban J connectivity index is 1.68. The molecule has 1 fully saturated rings. The van der Waals surface area contributed by atoms with E-state index in [9.17, 15) is 5.11 Å². The number of fused-ring (bicyclic) bond motifs is 1. The van der Waals surface area contributed by atoms with Crippen molar-refractivity contribution in [1.29, 1.82) is 0 Å². The van der Waals surface area contributed by atoms with E-state index in [1.807, 2.05) is 24.3 Å². The lowest BCUT2D eigenvalue weighted by Gasteiger charge is -2.18. The van der Waals surface area contributed by atoms with Crippen molar-refractivity contribution in [3.63, 3.8) is 0 Å². The van der Waals surface area contributed by atoms with Crippen LogP contribution in [0.4, 0.5) is 5.82 Å². The van der Waals surface area contributed by atoms with Crippen LogP contribution in [0.3, 0.4) is 0 Å². The van der Waals surface area contributed by atoms with E-state index in [1.54, 1.807) is 6.20 Å². The second-order valence-electron chi connectivity index (χ2n) is 5.26. The average Bonchev–Trinajstić information content (AvgIpc) is 2.92. The van der Waals surface area contributed by atoms with Crippen LogP contribution in [0.5, 0.6) is 0 Å². The van der Waals surface area contributed by atoms with Crippen LogP contribution in [-0.4, -0.2) is 28.2 Å². The molecule has 19 heavy (non-hydrogen) atoms. The molecule has 0 amide bonds. The summed E-state index contributed by atoms with van der Waals surface area (Å²) in [5.41, 5.74) is 1.83. The lowest BCUT2D eigenvalue weighted by Crippen LogP contribution is -2.21. The van der Waals surface area contributed by atoms with E-state index in [1.165, 1.54) is 12.8 Å². The van der Waals surface area contributed by atoms with Gasteiger partial charge < -0.3 is 10.4 Å². The van der Waals surface area contributed by atoms with Crippen LogP contribution in [0.1, 0.15) is 19.3 Å². The van der Waals surface area contributed by atoms with Gasteiger partial charge in [-0.25, -0.2) is 4.98 Å². The Morgan fingerprint density at radius 1 is 1.16 bits per heavy atom. The van der Waals surface area contributed by atoms with Crippen LogP contribution >= 0.6 is 0 Å². The third-order valence-corrected chi connectivity index (χ3v) is 4.04. The smallest absolute Gasteiger partial charge is 0.145 e. The number of aliphatic hydroxyl groups excluding tert-OH is 1. The van der Waals surface area contributed by atoms with Gasteiger partial charge in [0, 0.05) is 13.2 Å². The largest absolute Gasteiger partial charge is 0.396 e. The molecule has 0 bridgehead atoms. The molecule has 1 aromatic carbocycles. The fourth-order valence-corrected chi connectivity index (χ4v) is 2.90. The van der Waals surface area contributed by atoms with Gasteiger partial charge in [0.15, 0.2) is 0 Å². The maximum atomic E-state index is 9.32. The van der Waals surface area contributed by atoms with Gasteiger partial charge in [-0.2, -0.15) is 0 Å². The molecule has 1 aliphatic carbocycles. The van der Waals surface area contributed by atoms with Crippen molar-refractivity contribution in [2.75, 3.05) is 18.5 Å². The van der Waals surface area contributed by atoms with Gasteiger partial charge in [0.05, 0.1) is 17.2 Å². The zero-order chi connectivity index (χ0) is 13.1. The van der Waals surface area contributed by atoms with Crippen LogP contribution in [0.25, 0.3) is 11.0 Å². The van der Waals surface area contributed by atoms with Gasteiger partial charge in [0.1, 0.15) is 5.82 Å². The third kappa shape index (κ3) is 2.68. The minimum atomic E-state index is 0.301. The molecule has 3 rings (SSSR count). The number of anilines is 1. The number of aliphatic hydroxyl groups is 1. The normalized spacial score (nSPS) is 22.8. The first-order chi connectivity index (χ1) is 9.36. The van der Waals surface area contributed by atoms with Gasteiger partial charge in [-0.1, -0.05) is 18.6 Å². The van der Waals surface area contributed by atoms with Crippen LogP contribution < -0.4 is 5.32 Å². The quantitative estimate of drug-likeness (QED) is 0.883. The summed E-state index contributed by atoms with van der Waals surface area (Å²) in [6.45, 7) is 1.17. The summed E-state index contributed by atoms with van der Waals surface area (Å²) in [7, 11) is 0. The molecule has 4 heteroatoms. The van der Waals surface area contributed by atoms with Crippen molar-refractivity contribution in [2.45, 2.75) is 19.3 Å². The SMILES string of the molecule is OCC1CCCC1CNc1cnc2ccccc2n1. The van der Waals surface area contributed by atoms with Gasteiger partial charge in [0.25, 0.3) is 0 Å². The summed E-state index contributed by atoms with van der Waals surface area (Å²) in [6.07, 6.45) is 5.34. The number of aromatic nitrogens is 2. The summed E-state index contributed by atoms with van der Waals surface area (Å²) in [5.74, 6) is 1.82. The highest BCUT2D eigenvalue weighted by atomic mass is 16.3. The summed E-state index contributed by atoms with van der Waals surface area (Å²) in [6, 6.07) is 7.87. The number of hydrogen-bond acceptors (Lipinski definition) is 4. The van der Waals surface area contributed by atoms with Crippen molar-refractivity contribution in [3.05, 3.63) is 30.5 Å². The van der Waals surface area contributed by atoms with Gasteiger partial charge in [-0.15, -0.1) is 0 Å². The van der Waals surface area contributed by atoms with Gasteiger partial charge in [-0.05, 0) is 36.8 Å². The highest BCUT2D eigenvalue weighted by Gasteiger charge is 2.26. The molecule has 2 unspecified atom stereocenters. The average molecular weight is 257 g/mol. The Morgan fingerprint density at radius 2 is 1.95 bits per heavy atom. The van der Waals surface area contributed by atoms with Crippen molar-refractivity contribution in [1.82, 2.24) is 9.97 Å². The van der Waals surface area contributed by atoms with Crippen LogP contribution in [0.15, 0.2) is 30.5 Å². The van der Waals surface area contributed by atoms with Crippen LogP contribution in [0, 0.1) is 11.8 Å². The lowest BCUT2D eigenvalue weighted by molar-refractivity contribution is 0.199. The van der Waals surface area contributed by atoms with E-state index in [0.29, 0.717) is 18.4 Å². The molecule has 1 aliphatic rings. The fourth-order valence-electron chi connectivity index (χ4n) is 2.90. The Labute approximate surface area is 112 Å². The van der Waals surface area contributed by atoms with E-state index in [2.05, 4.69) is 15.3 Å². The Morgan fingerprint density at radius 3 is 2.79 bits per heavy atom. The van der Waals surface area contributed by atoms with Gasteiger partial charge in [-0.3, -0.25) is 4.98 Å². The minimum Gasteiger partial charge on any atom is -0.396 e. The molecular weight excluding hydrogens is 238 g/mol. The molecule has 2 atom stereocenters. The van der Waals surface area contributed by atoms with Crippen LogP contribution in [0.2, 0.25) is 0 Å². The second kappa shape index (κ2) is 5.53. The molecule has 0 radical (unpaired) electrons. The first-order valence-electron chi connectivity index (χ1n) is 6.93. The third-order valence-electron chi connectivity index (χ3n) is 4.04. The van der Waals surface area contributed by atoms with Crippen molar-refractivity contribution < 1.29 is 5.11 Å². The van der Waals surface area contributed by atoms with E-state index in [4.69, 9.17) is 0 Å². The van der Waals surface area contributed by atoms with Crippen LogP contribution in [-0.2, 0) is 0 Å². The Kier molecular flexibility index (Phi) is 3.60. The van der Waals surface area contributed by atoms with E-state index < -0.39 is 0 Å². The van der Waals surface area contributed by atoms with Gasteiger partial charge >= 0.3 is 0 Å². The first kappa shape index (κ1) is 12.4. The van der Waals surface area contributed by atoms with Crippen molar-refractivity contribution in [3.8, 4) is 0 Å². The Bertz CT molecular complexity index is 558. The molecule has 2 aromatic rings.